The molecule has 0 aliphatic carbocycles. The van der Waals surface area contributed by atoms with E-state index in [1.807, 2.05) is 0 Å². The van der Waals surface area contributed by atoms with Crippen LogP contribution in [0.25, 0.3) is 10.9 Å². The maximum atomic E-state index is 12.6. The highest BCUT2D eigenvalue weighted by atomic mass is 32.2. The van der Waals surface area contributed by atoms with E-state index in [0.717, 1.165) is 23.9 Å². The zero-order valence-corrected chi connectivity index (χ0v) is 11.8. The molecule has 0 aliphatic rings. The third-order valence-electron chi connectivity index (χ3n) is 2.73. The van der Waals surface area contributed by atoms with Crippen LogP contribution >= 0.6 is 11.7 Å². The molecule has 0 fully saturated rings. The number of anilines is 1. The Bertz CT molecular complexity index is 798. The van der Waals surface area contributed by atoms with Crippen molar-refractivity contribution in [3.63, 3.8) is 0 Å². The van der Waals surface area contributed by atoms with Crippen molar-refractivity contribution in [2.24, 2.45) is 0 Å². The SMILES string of the molecule is O=S(Nc1cnsn1)c1c[nH]c2cc(C(F)(F)F)ccc12. The minimum Gasteiger partial charge on any atom is -0.360 e. The first kappa shape index (κ1) is 14.0. The Morgan fingerprint density at radius 3 is 2.81 bits per heavy atom. The molecule has 0 saturated carbocycles. The normalized spacial score (nSPS) is 13.5. The van der Waals surface area contributed by atoms with Crippen molar-refractivity contribution in [3.8, 4) is 0 Å². The Morgan fingerprint density at radius 1 is 1.33 bits per heavy atom. The average molecular weight is 332 g/mol. The Hall–Kier alpha value is -1.94. The summed E-state index contributed by atoms with van der Waals surface area (Å²) in [5.41, 5.74) is -0.489. The number of halogens is 3. The van der Waals surface area contributed by atoms with Gasteiger partial charge in [0.05, 0.1) is 28.4 Å². The van der Waals surface area contributed by atoms with Gasteiger partial charge in [-0.3, -0.25) is 4.72 Å². The Balaban J connectivity index is 1.95. The van der Waals surface area contributed by atoms with Crippen LogP contribution in [0.5, 0.6) is 0 Å². The molecule has 5 nitrogen and oxygen atoms in total. The minimum atomic E-state index is -4.41. The van der Waals surface area contributed by atoms with Crippen LogP contribution in [0, 0.1) is 0 Å². The third kappa shape index (κ3) is 2.76. The van der Waals surface area contributed by atoms with Crippen LogP contribution in [0.4, 0.5) is 19.0 Å². The number of benzene rings is 1. The Morgan fingerprint density at radius 2 is 2.14 bits per heavy atom. The quantitative estimate of drug-likeness (QED) is 0.774. The van der Waals surface area contributed by atoms with Gasteiger partial charge in [0.1, 0.15) is 0 Å². The molecular weight excluding hydrogens is 325 g/mol. The van der Waals surface area contributed by atoms with Crippen molar-refractivity contribution in [1.29, 1.82) is 0 Å². The molecule has 0 aliphatic heterocycles. The Labute approximate surface area is 123 Å². The van der Waals surface area contributed by atoms with Gasteiger partial charge in [-0.05, 0) is 12.1 Å². The van der Waals surface area contributed by atoms with Gasteiger partial charge < -0.3 is 4.98 Å². The molecule has 0 radical (unpaired) electrons. The van der Waals surface area contributed by atoms with Gasteiger partial charge in [-0.2, -0.15) is 21.9 Å². The number of alkyl halides is 3. The fourth-order valence-corrected chi connectivity index (χ4v) is 3.16. The van der Waals surface area contributed by atoms with Crippen LogP contribution in [-0.2, 0) is 17.2 Å². The summed E-state index contributed by atoms with van der Waals surface area (Å²) in [5.74, 6) is 0.347. The largest absolute Gasteiger partial charge is 0.416 e. The van der Waals surface area contributed by atoms with E-state index in [1.54, 1.807) is 0 Å². The predicted octanol–water partition coefficient (Wildman–Crippen LogP) is 3.17. The lowest BCUT2D eigenvalue weighted by Gasteiger charge is -2.06. The van der Waals surface area contributed by atoms with Gasteiger partial charge in [-0.25, -0.2) is 4.21 Å². The lowest BCUT2D eigenvalue weighted by molar-refractivity contribution is -0.137. The molecule has 1 unspecified atom stereocenters. The van der Waals surface area contributed by atoms with Crippen LogP contribution in [0.3, 0.4) is 0 Å². The predicted molar refractivity (Wildman–Crippen MR) is 73.2 cm³/mol. The number of hydrogen-bond donors (Lipinski definition) is 2. The highest BCUT2D eigenvalue weighted by molar-refractivity contribution is 7.86. The second kappa shape index (κ2) is 5.11. The first-order valence-corrected chi connectivity index (χ1v) is 7.47. The van der Waals surface area contributed by atoms with Crippen molar-refractivity contribution >= 4 is 39.4 Å². The van der Waals surface area contributed by atoms with Crippen LogP contribution < -0.4 is 4.72 Å². The van der Waals surface area contributed by atoms with E-state index in [-0.39, 0.29) is 5.52 Å². The molecule has 1 aromatic carbocycles. The smallest absolute Gasteiger partial charge is 0.360 e. The molecule has 2 heterocycles. The summed E-state index contributed by atoms with van der Waals surface area (Å²) < 4.78 is 60.3. The van der Waals surface area contributed by atoms with E-state index in [2.05, 4.69) is 18.5 Å². The summed E-state index contributed by atoms with van der Waals surface area (Å²) in [6.45, 7) is 0. The number of rotatable bonds is 3. The molecule has 0 spiro atoms. The first-order chi connectivity index (χ1) is 9.95. The zero-order valence-electron chi connectivity index (χ0n) is 10.1. The van der Waals surface area contributed by atoms with Gasteiger partial charge in [0.25, 0.3) is 0 Å². The number of fused-ring (bicyclic) bond motifs is 1. The summed E-state index contributed by atoms with van der Waals surface area (Å²) in [5, 5.41) is 0.456. The summed E-state index contributed by atoms with van der Waals surface area (Å²) in [6, 6.07) is 3.24. The molecule has 0 bridgehead atoms. The van der Waals surface area contributed by atoms with E-state index < -0.39 is 22.7 Å². The number of nitrogens with zero attached hydrogens (tertiary/aromatic N) is 2. The fourth-order valence-electron chi connectivity index (χ4n) is 1.79. The topological polar surface area (TPSA) is 70.7 Å². The molecular formula is C11H7F3N4OS2. The van der Waals surface area contributed by atoms with E-state index in [0.29, 0.717) is 16.1 Å². The van der Waals surface area contributed by atoms with Crippen molar-refractivity contribution < 1.29 is 17.4 Å². The number of aromatic nitrogens is 3. The van der Waals surface area contributed by atoms with Gasteiger partial charge in [-0.15, -0.1) is 0 Å². The number of aromatic amines is 1. The lowest BCUT2D eigenvalue weighted by atomic mass is 10.1. The van der Waals surface area contributed by atoms with Crippen molar-refractivity contribution in [1.82, 2.24) is 13.7 Å². The van der Waals surface area contributed by atoms with Gasteiger partial charge >= 0.3 is 6.18 Å². The number of H-pyrrole nitrogens is 1. The number of nitrogens with one attached hydrogen (secondary N) is 2. The maximum Gasteiger partial charge on any atom is 0.416 e. The average Bonchev–Trinajstić information content (AvgIpc) is 3.05. The molecule has 1 atom stereocenters. The van der Waals surface area contributed by atoms with Crippen molar-refractivity contribution in [2.45, 2.75) is 11.1 Å². The molecule has 2 aromatic heterocycles. The summed E-state index contributed by atoms with van der Waals surface area (Å²) in [7, 11) is -1.64. The van der Waals surface area contributed by atoms with E-state index >= 15 is 0 Å². The molecule has 10 heteroatoms. The third-order valence-corrected chi connectivity index (χ3v) is 4.34. The van der Waals surface area contributed by atoms with Crippen LogP contribution in [-0.4, -0.2) is 17.9 Å². The molecule has 21 heavy (non-hydrogen) atoms. The second-order valence-electron chi connectivity index (χ2n) is 4.07. The minimum absolute atomic E-state index is 0.270. The monoisotopic (exact) mass is 332 g/mol. The second-order valence-corrected chi connectivity index (χ2v) is 5.81. The van der Waals surface area contributed by atoms with Crippen molar-refractivity contribution in [3.05, 3.63) is 36.2 Å². The standard InChI is InChI=1S/C11H7F3N4OS2/c12-11(13,14)6-1-2-7-8(3-6)15-4-9(7)21(19)18-10-5-16-20-17-10/h1-5,15H,(H,17,18). The molecule has 2 N–H and O–H groups in total. The highest BCUT2D eigenvalue weighted by Gasteiger charge is 2.30. The molecule has 3 aromatic rings. The van der Waals surface area contributed by atoms with Gasteiger partial charge in [0.2, 0.25) is 0 Å². The fraction of sp³-hybridized carbons (Fsp3) is 0.0909. The summed E-state index contributed by atoms with van der Waals surface area (Å²) >= 11 is 0.957. The molecule has 3 rings (SSSR count). The van der Waals surface area contributed by atoms with E-state index in [4.69, 9.17) is 0 Å². The molecule has 0 amide bonds. The van der Waals surface area contributed by atoms with E-state index in [1.165, 1.54) is 18.5 Å². The van der Waals surface area contributed by atoms with Crippen molar-refractivity contribution in [2.75, 3.05) is 4.72 Å². The van der Waals surface area contributed by atoms with Crippen LogP contribution in [0.15, 0.2) is 35.5 Å². The van der Waals surface area contributed by atoms with Gasteiger partial charge in [0, 0.05) is 17.1 Å². The van der Waals surface area contributed by atoms with E-state index in [9.17, 15) is 17.4 Å². The molecule has 0 saturated heterocycles. The number of hydrogen-bond acceptors (Lipinski definition) is 4. The van der Waals surface area contributed by atoms with Gasteiger partial charge in [0.15, 0.2) is 16.8 Å². The summed E-state index contributed by atoms with van der Waals surface area (Å²) in [6.07, 6.45) is -1.59. The van der Waals surface area contributed by atoms with Crippen LogP contribution in [0.2, 0.25) is 0 Å². The highest BCUT2D eigenvalue weighted by Crippen LogP contribution is 2.32. The Kier molecular flexibility index (Phi) is 3.41. The zero-order chi connectivity index (χ0) is 15.0. The van der Waals surface area contributed by atoms with Crippen LogP contribution in [0.1, 0.15) is 5.56 Å². The summed E-state index contributed by atoms with van der Waals surface area (Å²) in [4.78, 5) is 3.05. The van der Waals surface area contributed by atoms with Gasteiger partial charge in [-0.1, -0.05) is 6.07 Å². The lowest BCUT2D eigenvalue weighted by Crippen LogP contribution is -2.05. The first-order valence-electron chi connectivity index (χ1n) is 5.59. The maximum absolute atomic E-state index is 12.6. The molecule has 110 valence electrons.